The van der Waals surface area contributed by atoms with Gasteiger partial charge in [-0.3, -0.25) is 14.4 Å². The molecule has 1 aliphatic heterocycles. The molecule has 2 N–H and O–H groups in total. The van der Waals surface area contributed by atoms with Gasteiger partial charge in [0.25, 0.3) is 0 Å². The van der Waals surface area contributed by atoms with E-state index in [9.17, 15) is 14.4 Å². The molecule has 4 bridgehead atoms. The molecule has 1 saturated heterocycles. The van der Waals surface area contributed by atoms with Crippen molar-refractivity contribution in [2.75, 3.05) is 19.6 Å². The molecule has 0 aromatic carbocycles. The van der Waals surface area contributed by atoms with Crippen LogP contribution in [-0.4, -0.2) is 48.3 Å². The molecule has 0 radical (unpaired) electrons. The monoisotopic (exact) mass is 443 g/mol. The molecule has 0 aromatic rings. The van der Waals surface area contributed by atoms with Crippen LogP contribution in [0.2, 0.25) is 0 Å². The van der Waals surface area contributed by atoms with Crippen LogP contribution in [0.1, 0.15) is 89.9 Å². The maximum absolute atomic E-state index is 13.0. The molecule has 0 aromatic heterocycles. The van der Waals surface area contributed by atoms with Crippen molar-refractivity contribution in [3.8, 4) is 0 Å². The van der Waals surface area contributed by atoms with Crippen LogP contribution in [0.25, 0.3) is 0 Å². The molecule has 3 amide bonds. The Morgan fingerprint density at radius 1 is 0.812 bits per heavy atom. The summed E-state index contributed by atoms with van der Waals surface area (Å²) >= 11 is 0. The van der Waals surface area contributed by atoms with Crippen molar-refractivity contribution in [2.45, 2.75) is 95.9 Å². The summed E-state index contributed by atoms with van der Waals surface area (Å²) in [5.74, 6) is 3.06. The largest absolute Gasteiger partial charge is 0.355 e. The lowest BCUT2D eigenvalue weighted by Crippen LogP contribution is -2.54. The van der Waals surface area contributed by atoms with Crippen LogP contribution < -0.4 is 10.6 Å². The van der Waals surface area contributed by atoms with E-state index in [4.69, 9.17) is 0 Å². The highest BCUT2D eigenvalue weighted by Gasteiger charge is 2.54. The van der Waals surface area contributed by atoms with E-state index >= 15 is 0 Å². The number of likely N-dealkylation sites (tertiary alicyclic amines) is 1. The Balaban J connectivity index is 1.01. The number of amides is 3. The minimum Gasteiger partial charge on any atom is -0.355 e. The summed E-state index contributed by atoms with van der Waals surface area (Å²) in [5, 5.41) is 6.25. The maximum Gasteiger partial charge on any atom is 0.226 e. The first-order valence-electron chi connectivity index (χ1n) is 13.4. The van der Waals surface area contributed by atoms with E-state index < -0.39 is 0 Å². The van der Waals surface area contributed by atoms with Crippen LogP contribution in [0.3, 0.4) is 0 Å². The van der Waals surface area contributed by atoms with Gasteiger partial charge in [0.05, 0.1) is 0 Å². The second-order valence-corrected chi connectivity index (χ2v) is 11.7. The fourth-order valence-corrected chi connectivity index (χ4v) is 8.02. The van der Waals surface area contributed by atoms with E-state index in [1.807, 2.05) is 4.90 Å². The molecule has 5 aliphatic carbocycles. The maximum atomic E-state index is 13.0. The molecule has 5 saturated carbocycles. The fraction of sp³-hybridized carbons (Fsp3) is 0.885. The van der Waals surface area contributed by atoms with E-state index in [1.165, 1.54) is 38.5 Å². The van der Waals surface area contributed by atoms with Gasteiger partial charge in [0, 0.05) is 43.4 Å². The van der Waals surface area contributed by atoms with Crippen molar-refractivity contribution in [1.29, 1.82) is 0 Å². The summed E-state index contributed by atoms with van der Waals surface area (Å²) in [5.41, 5.74) is -0.136. The summed E-state index contributed by atoms with van der Waals surface area (Å²) in [4.78, 5) is 40.2. The van der Waals surface area contributed by atoms with Crippen molar-refractivity contribution in [2.24, 2.45) is 29.1 Å². The Bertz CT molecular complexity index is 687. The molecular weight excluding hydrogens is 402 g/mol. The lowest BCUT2D eigenvalue weighted by Gasteiger charge is -2.55. The van der Waals surface area contributed by atoms with Gasteiger partial charge in [0.15, 0.2) is 0 Å². The SMILES string of the molecule is O=C(CCNC(=O)C12CC3CC(CC(C3)C1)C2)NC1CCN(C(=O)C2CCCCC2)CC1. The van der Waals surface area contributed by atoms with Crippen LogP contribution >= 0.6 is 0 Å². The summed E-state index contributed by atoms with van der Waals surface area (Å²) in [6.07, 6.45) is 14.9. The van der Waals surface area contributed by atoms with Gasteiger partial charge in [-0.15, -0.1) is 0 Å². The molecule has 1 heterocycles. The standard InChI is InChI=1S/C26H41N3O3/c30-23(28-22-7-10-29(11-8-22)24(31)21-4-2-1-3-5-21)6-9-27-25(32)26-15-18-12-19(16-26)14-20(13-18)17-26/h18-22H,1-17H2,(H,27,32)(H,28,30). The second kappa shape index (κ2) is 9.34. The molecule has 6 rings (SSSR count). The molecule has 178 valence electrons. The molecular formula is C26H41N3O3. The van der Waals surface area contributed by atoms with E-state index in [-0.39, 0.29) is 29.2 Å². The molecule has 6 nitrogen and oxygen atoms in total. The Morgan fingerprint density at radius 2 is 1.41 bits per heavy atom. The highest BCUT2D eigenvalue weighted by molar-refractivity contribution is 5.84. The second-order valence-electron chi connectivity index (χ2n) is 11.7. The van der Waals surface area contributed by atoms with Crippen molar-refractivity contribution < 1.29 is 14.4 Å². The van der Waals surface area contributed by atoms with E-state index in [0.717, 1.165) is 75.8 Å². The molecule has 32 heavy (non-hydrogen) atoms. The highest BCUT2D eigenvalue weighted by Crippen LogP contribution is 2.60. The summed E-state index contributed by atoms with van der Waals surface area (Å²) in [6, 6.07) is 0.150. The van der Waals surface area contributed by atoms with Gasteiger partial charge >= 0.3 is 0 Å². The van der Waals surface area contributed by atoms with Gasteiger partial charge in [-0.25, -0.2) is 0 Å². The van der Waals surface area contributed by atoms with Gasteiger partial charge < -0.3 is 15.5 Å². The van der Waals surface area contributed by atoms with Crippen LogP contribution in [-0.2, 0) is 14.4 Å². The third-order valence-electron chi connectivity index (χ3n) is 9.28. The zero-order valence-corrected chi connectivity index (χ0v) is 19.6. The zero-order chi connectivity index (χ0) is 22.1. The number of carbonyl (C=O) groups is 3. The minimum atomic E-state index is -0.136. The minimum absolute atomic E-state index is 0.0212. The van der Waals surface area contributed by atoms with Crippen molar-refractivity contribution in [3.05, 3.63) is 0 Å². The summed E-state index contributed by atoms with van der Waals surface area (Å²) in [6.45, 7) is 1.94. The van der Waals surface area contributed by atoms with Gasteiger partial charge in [0.2, 0.25) is 17.7 Å². The Kier molecular flexibility index (Phi) is 6.48. The molecule has 6 fully saturated rings. The van der Waals surface area contributed by atoms with Crippen LogP contribution in [0.5, 0.6) is 0 Å². The third-order valence-corrected chi connectivity index (χ3v) is 9.28. The lowest BCUT2D eigenvalue weighted by molar-refractivity contribution is -0.146. The van der Waals surface area contributed by atoms with E-state index in [0.29, 0.717) is 18.9 Å². The van der Waals surface area contributed by atoms with Gasteiger partial charge in [-0.05, 0) is 82.0 Å². The van der Waals surface area contributed by atoms with Crippen molar-refractivity contribution >= 4 is 17.7 Å². The van der Waals surface area contributed by atoms with Crippen LogP contribution in [0.4, 0.5) is 0 Å². The number of nitrogens with zero attached hydrogens (tertiary/aromatic N) is 1. The number of hydrogen-bond acceptors (Lipinski definition) is 3. The number of nitrogens with one attached hydrogen (secondary N) is 2. The average Bonchev–Trinajstić information content (AvgIpc) is 2.79. The number of carbonyl (C=O) groups excluding carboxylic acids is 3. The first-order valence-corrected chi connectivity index (χ1v) is 13.4. The molecule has 6 aliphatic rings. The number of rotatable bonds is 6. The zero-order valence-electron chi connectivity index (χ0n) is 19.6. The van der Waals surface area contributed by atoms with Crippen LogP contribution in [0.15, 0.2) is 0 Å². The number of hydrogen-bond donors (Lipinski definition) is 2. The first kappa shape index (κ1) is 22.2. The molecule has 6 heteroatoms. The quantitative estimate of drug-likeness (QED) is 0.660. The smallest absolute Gasteiger partial charge is 0.226 e. The predicted molar refractivity (Wildman–Crippen MR) is 123 cm³/mol. The van der Waals surface area contributed by atoms with Crippen molar-refractivity contribution in [3.63, 3.8) is 0 Å². The molecule has 0 spiro atoms. The topological polar surface area (TPSA) is 78.5 Å². The predicted octanol–water partition coefficient (Wildman–Crippen LogP) is 3.40. The molecule has 0 atom stereocenters. The lowest BCUT2D eigenvalue weighted by atomic mass is 9.49. The van der Waals surface area contributed by atoms with Gasteiger partial charge in [-0.2, -0.15) is 0 Å². The van der Waals surface area contributed by atoms with Crippen LogP contribution in [0, 0.1) is 29.1 Å². The average molecular weight is 444 g/mol. The normalized spacial score (nSPS) is 35.0. The van der Waals surface area contributed by atoms with Crippen molar-refractivity contribution in [1.82, 2.24) is 15.5 Å². The highest BCUT2D eigenvalue weighted by atomic mass is 16.2. The number of piperidine rings is 1. The van der Waals surface area contributed by atoms with Gasteiger partial charge in [-0.1, -0.05) is 19.3 Å². The molecule has 0 unspecified atom stereocenters. The third kappa shape index (κ3) is 4.70. The Hall–Kier alpha value is -1.59. The Morgan fingerprint density at radius 3 is 2.00 bits per heavy atom. The van der Waals surface area contributed by atoms with Gasteiger partial charge in [0.1, 0.15) is 0 Å². The fourth-order valence-electron chi connectivity index (χ4n) is 8.02. The van der Waals surface area contributed by atoms with E-state index in [2.05, 4.69) is 10.6 Å². The summed E-state index contributed by atoms with van der Waals surface area (Å²) < 4.78 is 0. The van der Waals surface area contributed by atoms with E-state index in [1.54, 1.807) is 0 Å². The first-order chi connectivity index (χ1) is 15.5. The Labute approximate surface area is 192 Å². The summed E-state index contributed by atoms with van der Waals surface area (Å²) in [7, 11) is 0.